The van der Waals surface area contributed by atoms with E-state index >= 15 is 0 Å². The number of nitrogens with one attached hydrogen (secondary N) is 2. The maximum absolute atomic E-state index is 5.43. The van der Waals surface area contributed by atoms with E-state index in [2.05, 4.69) is 32.3 Å². The molecule has 1 aliphatic heterocycles. The minimum absolute atomic E-state index is 0.0678. The van der Waals surface area contributed by atoms with Crippen LogP contribution in [0.5, 0.6) is 0 Å². The molecular formula is C20H25N7. The summed E-state index contributed by atoms with van der Waals surface area (Å²) in [5.41, 5.74) is 14.9. The van der Waals surface area contributed by atoms with Gasteiger partial charge in [0.1, 0.15) is 11.5 Å². The molecule has 0 saturated carbocycles. The quantitative estimate of drug-likeness (QED) is 0.411. The van der Waals surface area contributed by atoms with Crippen LogP contribution in [0.1, 0.15) is 30.0 Å². The number of pyridine rings is 1. The van der Waals surface area contributed by atoms with Gasteiger partial charge in [-0.3, -0.25) is 4.40 Å². The Balaban J connectivity index is 1.58. The van der Waals surface area contributed by atoms with E-state index in [0.29, 0.717) is 12.5 Å². The van der Waals surface area contributed by atoms with Crippen molar-refractivity contribution >= 4 is 23.1 Å². The van der Waals surface area contributed by atoms with E-state index in [1.54, 1.807) is 0 Å². The highest BCUT2D eigenvalue weighted by molar-refractivity contribution is 5.78. The van der Waals surface area contributed by atoms with Crippen LogP contribution in [-0.2, 0) is 6.54 Å². The van der Waals surface area contributed by atoms with E-state index < -0.39 is 0 Å². The van der Waals surface area contributed by atoms with E-state index in [-0.39, 0.29) is 5.96 Å². The third-order valence-electron chi connectivity index (χ3n) is 4.94. The lowest BCUT2D eigenvalue weighted by molar-refractivity contribution is 0.455. The molecule has 0 unspecified atom stereocenters. The van der Waals surface area contributed by atoms with Crippen LogP contribution in [0.25, 0.3) is 5.65 Å². The second-order valence-electron chi connectivity index (χ2n) is 6.86. The first-order chi connectivity index (χ1) is 13.2. The van der Waals surface area contributed by atoms with Crippen LogP contribution < -0.4 is 22.1 Å². The van der Waals surface area contributed by atoms with Crippen LogP contribution in [0.3, 0.4) is 0 Å². The van der Waals surface area contributed by atoms with Crippen molar-refractivity contribution in [3.05, 3.63) is 59.9 Å². The standard InChI is InChI=1S/C20H25N7/c21-20(22)25-16-6-4-14(5-7-16)13-24-19-18(15-8-10-23-11-9-15)26-17-3-1-2-12-27(17)19/h1-7,12,15,23-24H,8-11,13H2,(H4,21,22,25). The van der Waals surface area contributed by atoms with Gasteiger partial charge in [-0.15, -0.1) is 0 Å². The summed E-state index contributed by atoms with van der Waals surface area (Å²) in [5, 5.41) is 7.04. The molecule has 6 N–H and O–H groups in total. The van der Waals surface area contributed by atoms with Crippen LogP contribution in [0.4, 0.5) is 11.5 Å². The molecule has 140 valence electrons. The number of hydrogen-bond acceptors (Lipinski definition) is 4. The molecule has 0 amide bonds. The highest BCUT2D eigenvalue weighted by atomic mass is 15.1. The molecule has 0 bridgehead atoms. The Labute approximate surface area is 158 Å². The topological polar surface area (TPSA) is 106 Å². The zero-order valence-corrected chi connectivity index (χ0v) is 15.2. The smallest absolute Gasteiger partial charge is 0.191 e. The van der Waals surface area contributed by atoms with Crippen molar-refractivity contribution in [1.29, 1.82) is 0 Å². The van der Waals surface area contributed by atoms with Crippen LogP contribution >= 0.6 is 0 Å². The van der Waals surface area contributed by atoms with Gasteiger partial charge < -0.3 is 22.1 Å². The Kier molecular flexibility index (Phi) is 4.93. The minimum Gasteiger partial charge on any atom is -0.370 e. The second kappa shape index (κ2) is 7.67. The first-order valence-corrected chi connectivity index (χ1v) is 9.31. The number of benzene rings is 1. The number of piperidine rings is 1. The summed E-state index contributed by atoms with van der Waals surface area (Å²) in [4.78, 5) is 8.98. The number of aliphatic imine (C=N–C) groups is 1. The fourth-order valence-corrected chi connectivity index (χ4v) is 3.59. The van der Waals surface area contributed by atoms with Crippen molar-refractivity contribution in [3.8, 4) is 0 Å². The van der Waals surface area contributed by atoms with Gasteiger partial charge in [-0.05, 0) is 55.8 Å². The number of rotatable bonds is 5. The third kappa shape index (κ3) is 3.88. The summed E-state index contributed by atoms with van der Waals surface area (Å²) >= 11 is 0. The first-order valence-electron chi connectivity index (χ1n) is 9.31. The summed E-state index contributed by atoms with van der Waals surface area (Å²) in [7, 11) is 0. The molecule has 1 aromatic carbocycles. The number of nitrogens with zero attached hydrogens (tertiary/aromatic N) is 3. The van der Waals surface area contributed by atoms with Crippen LogP contribution in [0.2, 0.25) is 0 Å². The molecule has 0 radical (unpaired) electrons. The minimum atomic E-state index is 0.0678. The number of nitrogens with two attached hydrogens (primary N) is 2. The maximum Gasteiger partial charge on any atom is 0.191 e. The van der Waals surface area contributed by atoms with Gasteiger partial charge in [0.2, 0.25) is 0 Å². The molecule has 1 saturated heterocycles. The molecule has 0 atom stereocenters. The highest BCUT2D eigenvalue weighted by Gasteiger charge is 2.23. The monoisotopic (exact) mass is 363 g/mol. The van der Waals surface area contributed by atoms with Gasteiger partial charge in [-0.2, -0.15) is 0 Å². The Morgan fingerprint density at radius 1 is 1.15 bits per heavy atom. The normalized spacial score (nSPS) is 15.0. The summed E-state index contributed by atoms with van der Waals surface area (Å²) in [6.45, 7) is 2.80. The molecule has 0 aliphatic carbocycles. The Hall–Kier alpha value is -3.06. The van der Waals surface area contributed by atoms with Gasteiger partial charge in [0, 0.05) is 18.7 Å². The van der Waals surface area contributed by atoms with Crippen molar-refractivity contribution < 1.29 is 0 Å². The Bertz CT molecular complexity index is 933. The van der Waals surface area contributed by atoms with Crippen LogP contribution in [0, 0.1) is 0 Å². The molecule has 0 spiro atoms. The largest absolute Gasteiger partial charge is 0.370 e. The van der Waals surface area contributed by atoms with Crippen molar-refractivity contribution in [2.75, 3.05) is 18.4 Å². The average molecular weight is 363 g/mol. The van der Waals surface area contributed by atoms with Crippen LogP contribution in [0.15, 0.2) is 53.7 Å². The number of aromatic nitrogens is 2. The van der Waals surface area contributed by atoms with Gasteiger partial charge in [0.05, 0.1) is 11.4 Å². The van der Waals surface area contributed by atoms with Gasteiger partial charge in [-0.1, -0.05) is 18.2 Å². The van der Waals surface area contributed by atoms with Crippen LogP contribution in [-0.4, -0.2) is 28.4 Å². The molecule has 2 aromatic heterocycles. The van der Waals surface area contributed by atoms with Crippen molar-refractivity contribution in [2.24, 2.45) is 16.5 Å². The zero-order valence-electron chi connectivity index (χ0n) is 15.2. The molecule has 7 heteroatoms. The number of anilines is 1. The van der Waals surface area contributed by atoms with Crippen molar-refractivity contribution in [3.63, 3.8) is 0 Å². The molecule has 3 heterocycles. The van der Waals surface area contributed by atoms with Gasteiger partial charge >= 0.3 is 0 Å². The summed E-state index contributed by atoms with van der Waals surface area (Å²) in [6, 6.07) is 14.0. The van der Waals surface area contributed by atoms with Crippen molar-refractivity contribution in [2.45, 2.75) is 25.3 Å². The summed E-state index contributed by atoms with van der Waals surface area (Å²) in [5.74, 6) is 1.64. The molecule has 1 aliphatic rings. The summed E-state index contributed by atoms with van der Waals surface area (Å²) < 4.78 is 2.14. The van der Waals surface area contributed by atoms with E-state index in [1.807, 2.05) is 36.4 Å². The predicted molar refractivity (Wildman–Crippen MR) is 109 cm³/mol. The maximum atomic E-state index is 5.43. The zero-order chi connectivity index (χ0) is 18.6. The number of hydrogen-bond donors (Lipinski definition) is 4. The average Bonchev–Trinajstić information content (AvgIpc) is 3.06. The van der Waals surface area contributed by atoms with E-state index in [9.17, 15) is 0 Å². The molecule has 3 aromatic rings. The number of imidazole rings is 1. The summed E-state index contributed by atoms with van der Waals surface area (Å²) in [6.07, 6.45) is 4.30. The Morgan fingerprint density at radius 3 is 2.67 bits per heavy atom. The second-order valence-corrected chi connectivity index (χ2v) is 6.86. The Morgan fingerprint density at radius 2 is 1.93 bits per heavy atom. The van der Waals surface area contributed by atoms with Gasteiger partial charge in [0.25, 0.3) is 0 Å². The fraction of sp³-hybridized carbons (Fsp3) is 0.300. The molecular weight excluding hydrogens is 338 g/mol. The highest BCUT2D eigenvalue weighted by Crippen LogP contribution is 2.31. The van der Waals surface area contributed by atoms with E-state index in [0.717, 1.165) is 48.6 Å². The number of fused-ring (bicyclic) bond motifs is 1. The number of guanidine groups is 1. The predicted octanol–water partition coefficient (Wildman–Crippen LogP) is 2.32. The SMILES string of the molecule is NC(N)=Nc1ccc(CNc2c(C3CCNCC3)nc3ccccn23)cc1. The van der Waals surface area contributed by atoms with Gasteiger partial charge in [-0.25, -0.2) is 9.98 Å². The van der Waals surface area contributed by atoms with Gasteiger partial charge in [0.15, 0.2) is 5.96 Å². The lowest BCUT2D eigenvalue weighted by atomic mass is 9.94. The molecule has 1 fully saturated rings. The first kappa shape index (κ1) is 17.4. The van der Waals surface area contributed by atoms with Crippen molar-refractivity contribution in [1.82, 2.24) is 14.7 Å². The fourth-order valence-electron chi connectivity index (χ4n) is 3.59. The lowest BCUT2D eigenvalue weighted by Gasteiger charge is -2.22. The lowest BCUT2D eigenvalue weighted by Crippen LogP contribution is -2.27. The van der Waals surface area contributed by atoms with E-state index in [4.69, 9.17) is 16.5 Å². The molecule has 7 nitrogen and oxygen atoms in total. The molecule has 27 heavy (non-hydrogen) atoms. The third-order valence-corrected chi connectivity index (χ3v) is 4.94. The molecule has 4 rings (SSSR count). The van der Waals surface area contributed by atoms with E-state index in [1.165, 1.54) is 5.69 Å².